The number of ether oxygens (including phenoxy) is 1. The van der Waals surface area contributed by atoms with E-state index in [1.54, 1.807) is 68.4 Å². The molecule has 0 bridgehead atoms. The van der Waals surface area contributed by atoms with E-state index in [-0.39, 0.29) is 17.1 Å². The Balaban J connectivity index is 1.49. The van der Waals surface area contributed by atoms with Gasteiger partial charge in [0.25, 0.3) is 5.91 Å². The summed E-state index contributed by atoms with van der Waals surface area (Å²) in [6, 6.07) is 17.0. The van der Waals surface area contributed by atoms with Crippen LogP contribution in [0.25, 0.3) is 22.1 Å². The van der Waals surface area contributed by atoms with Crippen molar-refractivity contribution in [2.45, 2.75) is 31.2 Å². The van der Waals surface area contributed by atoms with Crippen molar-refractivity contribution in [2.24, 2.45) is 0 Å². The lowest BCUT2D eigenvalue weighted by molar-refractivity contribution is -0.142. The van der Waals surface area contributed by atoms with Crippen LogP contribution in [0.2, 0.25) is 0 Å². The molecule has 4 rings (SSSR count). The Morgan fingerprint density at radius 1 is 0.927 bits per heavy atom. The number of amides is 1. The summed E-state index contributed by atoms with van der Waals surface area (Å²) in [5, 5.41) is 3.27. The molecule has 1 aromatic heterocycles. The third kappa shape index (κ3) is 6.76. The minimum absolute atomic E-state index is 0.00332. The van der Waals surface area contributed by atoms with Crippen LogP contribution in [-0.2, 0) is 29.6 Å². The molecular formula is C28H29N3O8S2. The molecule has 11 nitrogen and oxygen atoms in total. The number of fused-ring (bicyclic) bond motifs is 1. The number of carbonyl (C=O) groups excluding carboxylic acids is 2. The SMILES string of the molecule is CCC(NS(=O)(=O)c1ccc(-c2ccc(NC(=O)c3oc4cccc(NS(C)(=O)=O)c4c3C)cc2)cc1)C(=O)OC. The van der Waals surface area contributed by atoms with Gasteiger partial charge in [-0.2, -0.15) is 4.72 Å². The summed E-state index contributed by atoms with van der Waals surface area (Å²) >= 11 is 0. The zero-order chi connectivity index (χ0) is 29.9. The van der Waals surface area contributed by atoms with E-state index in [9.17, 15) is 26.4 Å². The summed E-state index contributed by atoms with van der Waals surface area (Å²) in [5.41, 5.74) is 3.18. The van der Waals surface area contributed by atoms with E-state index >= 15 is 0 Å². The van der Waals surface area contributed by atoms with Crippen LogP contribution in [-0.4, -0.2) is 48.1 Å². The monoisotopic (exact) mass is 599 g/mol. The molecule has 1 amide bonds. The Labute approximate surface area is 238 Å². The quantitative estimate of drug-likeness (QED) is 0.228. The summed E-state index contributed by atoms with van der Waals surface area (Å²) in [6.45, 7) is 3.35. The minimum atomic E-state index is -3.94. The summed E-state index contributed by atoms with van der Waals surface area (Å²) in [5.74, 6) is -1.12. The lowest BCUT2D eigenvalue weighted by Crippen LogP contribution is -2.40. The molecule has 3 N–H and O–H groups in total. The first-order valence-corrected chi connectivity index (χ1v) is 15.8. The maximum absolute atomic E-state index is 13.0. The number of hydrogen-bond donors (Lipinski definition) is 3. The predicted molar refractivity (Wildman–Crippen MR) is 156 cm³/mol. The largest absolute Gasteiger partial charge is 0.468 e. The highest BCUT2D eigenvalue weighted by Gasteiger charge is 2.25. The summed E-state index contributed by atoms with van der Waals surface area (Å²) in [7, 11) is -6.28. The third-order valence-electron chi connectivity index (χ3n) is 6.29. The Kier molecular flexibility index (Phi) is 8.52. The van der Waals surface area contributed by atoms with E-state index in [1.807, 2.05) is 0 Å². The number of nitrogens with one attached hydrogen (secondary N) is 3. The fraction of sp³-hybridized carbons (Fsp3) is 0.214. The van der Waals surface area contributed by atoms with Crippen molar-refractivity contribution in [1.82, 2.24) is 4.72 Å². The molecule has 216 valence electrons. The average Bonchev–Trinajstić information content (AvgIpc) is 3.28. The van der Waals surface area contributed by atoms with Crippen LogP contribution in [0.1, 0.15) is 29.5 Å². The van der Waals surface area contributed by atoms with E-state index < -0.39 is 38.0 Å². The lowest BCUT2D eigenvalue weighted by atomic mass is 10.1. The van der Waals surface area contributed by atoms with Crippen LogP contribution in [0.5, 0.6) is 0 Å². The molecule has 0 saturated carbocycles. The molecule has 0 saturated heterocycles. The zero-order valence-electron chi connectivity index (χ0n) is 22.7. The molecule has 4 aromatic rings. The summed E-state index contributed by atoms with van der Waals surface area (Å²) in [4.78, 5) is 24.8. The van der Waals surface area contributed by atoms with Crippen LogP contribution in [0.15, 0.2) is 76.0 Å². The molecule has 0 fully saturated rings. The first-order chi connectivity index (χ1) is 19.3. The number of furan rings is 1. The van der Waals surface area contributed by atoms with Crippen LogP contribution in [0.4, 0.5) is 11.4 Å². The lowest BCUT2D eigenvalue weighted by Gasteiger charge is -2.15. The van der Waals surface area contributed by atoms with Crippen molar-refractivity contribution in [1.29, 1.82) is 0 Å². The number of esters is 1. The molecular weight excluding hydrogens is 570 g/mol. The van der Waals surface area contributed by atoms with Gasteiger partial charge < -0.3 is 14.5 Å². The van der Waals surface area contributed by atoms with E-state index in [4.69, 9.17) is 4.42 Å². The molecule has 0 aliphatic rings. The highest BCUT2D eigenvalue weighted by Crippen LogP contribution is 2.33. The van der Waals surface area contributed by atoms with Crippen LogP contribution >= 0.6 is 0 Å². The second-order valence-corrected chi connectivity index (χ2v) is 12.7. The van der Waals surface area contributed by atoms with E-state index in [0.29, 0.717) is 27.9 Å². The Morgan fingerprint density at radius 3 is 2.10 bits per heavy atom. The molecule has 0 aliphatic heterocycles. The summed E-state index contributed by atoms with van der Waals surface area (Å²) < 4.78 is 64.1. The highest BCUT2D eigenvalue weighted by molar-refractivity contribution is 7.92. The molecule has 1 atom stereocenters. The topological polar surface area (TPSA) is 161 Å². The van der Waals surface area contributed by atoms with Gasteiger partial charge in [-0.1, -0.05) is 37.3 Å². The number of hydrogen-bond acceptors (Lipinski definition) is 8. The second kappa shape index (κ2) is 11.7. The Morgan fingerprint density at radius 2 is 1.54 bits per heavy atom. The van der Waals surface area contributed by atoms with Crippen molar-refractivity contribution in [3.8, 4) is 11.1 Å². The smallest absolute Gasteiger partial charge is 0.323 e. The van der Waals surface area contributed by atoms with Gasteiger partial charge in [-0.3, -0.25) is 14.3 Å². The Hall–Kier alpha value is -4.20. The number of sulfonamides is 2. The van der Waals surface area contributed by atoms with Crippen LogP contribution < -0.4 is 14.8 Å². The van der Waals surface area contributed by atoms with E-state index in [2.05, 4.69) is 19.5 Å². The number of methoxy groups -OCH3 is 1. The van der Waals surface area contributed by atoms with Gasteiger partial charge in [0, 0.05) is 16.6 Å². The maximum Gasteiger partial charge on any atom is 0.323 e. The maximum atomic E-state index is 13.0. The van der Waals surface area contributed by atoms with Gasteiger partial charge in [0.05, 0.1) is 23.9 Å². The predicted octanol–water partition coefficient (Wildman–Crippen LogP) is 4.26. The van der Waals surface area contributed by atoms with Crippen LogP contribution in [0, 0.1) is 6.92 Å². The first-order valence-electron chi connectivity index (χ1n) is 12.4. The average molecular weight is 600 g/mol. The van der Waals surface area contributed by atoms with Gasteiger partial charge in [-0.15, -0.1) is 0 Å². The van der Waals surface area contributed by atoms with Gasteiger partial charge in [0.15, 0.2) is 5.76 Å². The van der Waals surface area contributed by atoms with Crippen LogP contribution in [0.3, 0.4) is 0 Å². The van der Waals surface area contributed by atoms with Crippen molar-refractivity contribution in [3.63, 3.8) is 0 Å². The normalized spacial score (nSPS) is 12.6. The second-order valence-electron chi connectivity index (χ2n) is 9.27. The number of benzene rings is 3. The fourth-order valence-corrected chi connectivity index (χ4v) is 6.10. The first kappa shape index (κ1) is 29.8. The molecule has 0 radical (unpaired) electrons. The molecule has 1 heterocycles. The molecule has 3 aromatic carbocycles. The number of aryl methyl sites for hydroxylation is 1. The van der Waals surface area contributed by atoms with Crippen molar-refractivity contribution in [2.75, 3.05) is 23.4 Å². The van der Waals surface area contributed by atoms with Gasteiger partial charge in [0.1, 0.15) is 11.6 Å². The van der Waals surface area contributed by atoms with Crippen molar-refractivity contribution < 1.29 is 35.6 Å². The number of carbonyl (C=O) groups is 2. The standard InChI is InChI=1S/C28H29N3O8S2/c1-5-22(28(33)38-3)31-41(36,37)21-15-11-19(12-16-21)18-9-13-20(14-10-18)29-27(32)26-17(2)25-23(30-40(4,34)35)7-6-8-24(25)39-26/h6-16,22,30-31H,5H2,1-4H3,(H,29,32). The third-order valence-corrected chi connectivity index (χ3v) is 8.37. The summed E-state index contributed by atoms with van der Waals surface area (Å²) in [6.07, 6.45) is 1.28. The molecule has 13 heteroatoms. The van der Waals surface area contributed by atoms with Crippen molar-refractivity contribution >= 4 is 54.3 Å². The highest BCUT2D eigenvalue weighted by atomic mass is 32.2. The van der Waals surface area contributed by atoms with Gasteiger partial charge >= 0.3 is 5.97 Å². The fourth-order valence-electron chi connectivity index (χ4n) is 4.26. The van der Waals surface area contributed by atoms with E-state index in [0.717, 1.165) is 17.4 Å². The molecule has 0 spiro atoms. The number of rotatable bonds is 10. The Bertz CT molecular complexity index is 1810. The van der Waals surface area contributed by atoms with E-state index in [1.165, 1.54) is 19.2 Å². The zero-order valence-corrected chi connectivity index (χ0v) is 24.4. The van der Waals surface area contributed by atoms with Gasteiger partial charge in [-0.05, 0) is 60.9 Å². The van der Waals surface area contributed by atoms with Gasteiger partial charge in [0.2, 0.25) is 20.0 Å². The molecule has 0 aliphatic carbocycles. The minimum Gasteiger partial charge on any atom is -0.468 e. The molecule has 41 heavy (non-hydrogen) atoms. The molecule has 1 unspecified atom stereocenters. The van der Waals surface area contributed by atoms with Crippen molar-refractivity contribution in [3.05, 3.63) is 78.1 Å². The van der Waals surface area contributed by atoms with Gasteiger partial charge in [-0.25, -0.2) is 16.8 Å². The number of anilines is 2.